The van der Waals surface area contributed by atoms with Crippen LogP contribution in [0.4, 0.5) is 0 Å². The number of rotatable bonds is 4. The van der Waals surface area contributed by atoms with Gasteiger partial charge >= 0.3 is 0 Å². The highest BCUT2D eigenvalue weighted by Crippen LogP contribution is 2.63. The maximum Gasteiger partial charge on any atom is 0.161 e. The first-order valence-electron chi connectivity index (χ1n) is 22.2. The molecule has 0 bridgehead atoms. The zero-order valence-electron chi connectivity index (χ0n) is 35.8. The molecular formula is C60H40N4S. The largest absolute Gasteiger partial charge is 0.264 e. The molecular weight excluding hydrogens is 809 g/mol. The van der Waals surface area contributed by atoms with Gasteiger partial charge in [-0.2, -0.15) is 0 Å². The van der Waals surface area contributed by atoms with Crippen molar-refractivity contribution in [1.29, 1.82) is 0 Å². The van der Waals surface area contributed by atoms with Crippen LogP contribution in [-0.4, -0.2) is 19.9 Å². The van der Waals surface area contributed by atoms with Crippen LogP contribution < -0.4 is 0 Å². The van der Waals surface area contributed by atoms with Crippen LogP contribution in [0.1, 0.15) is 47.2 Å². The summed E-state index contributed by atoms with van der Waals surface area (Å²) in [6.07, 6.45) is 5.49. The van der Waals surface area contributed by atoms with E-state index in [2.05, 4.69) is 183 Å². The summed E-state index contributed by atoms with van der Waals surface area (Å²) in [6.45, 7) is 4.76. The summed E-state index contributed by atoms with van der Waals surface area (Å²) in [5.41, 5.74) is 21.0. The van der Waals surface area contributed by atoms with Gasteiger partial charge in [0.15, 0.2) is 5.82 Å². The van der Waals surface area contributed by atoms with Crippen molar-refractivity contribution in [3.05, 3.63) is 240 Å². The van der Waals surface area contributed by atoms with E-state index >= 15 is 0 Å². The van der Waals surface area contributed by atoms with E-state index in [0.29, 0.717) is 5.82 Å². The smallest absolute Gasteiger partial charge is 0.161 e. The van der Waals surface area contributed by atoms with Gasteiger partial charge in [-0.3, -0.25) is 9.97 Å². The molecule has 2 aliphatic carbocycles. The van der Waals surface area contributed by atoms with E-state index in [0.717, 1.165) is 39.3 Å². The normalized spacial score (nSPS) is 15.7. The molecule has 4 nitrogen and oxygen atoms in total. The lowest BCUT2D eigenvalue weighted by molar-refractivity contribution is 0.653. The Bertz CT molecular complexity index is 3540. The van der Waals surface area contributed by atoms with Crippen LogP contribution in [0.15, 0.2) is 216 Å². The number of hydrogen-bond donors (Lipinski definition) is 0. The minimum absolute atomic E-state index is 0.135. The van der Waals surface area contributed by atoms with Gasteiger partial charge in [-0.25, -0.2) is 9.97 Å². The van der Waals surface area contributed by atoms with Crippen molar-refractivity contribution in [2.75, 3.05) is 0 Å². The first-order valence-corrected chi connectivity index (χ1v) is 23.0. The Kier molecular flexibility index (Phi) is 8.37. The Morgan fingerprint density at radius 3 is 1.74 bits per heavy atom. The van der Waals surface area contributed by atoms with Gasteiger partial charge < -0.3 is 0 Å². The minimum atomic E-state index is -0.695. The number of hydrogen-bond acceptors (Lipinski definition) is 5. The van der Waals surface area contributed by atoms with Crippen molar-refractivity contribution < 1.29 is 0 Å². The summed E-state index contributed by atoms with van der Waals surface area (Å²) in [5.74, 6) is 0.619. The van der Waals surface area contributed by atoms with Crippen molar-refractivity contribution in [2.45, 2.75) is 34.5 Å². The minimum Gasteiger partial charge on any atom is -0.264 e. The van der Waals surface area contributed by atoms with E-state index in [1.165, 1.54) is 76.6 Å². The lowest BCUT2D eigenvalue weighted by Gasteiger charge is -2.43. The molecule has 3 aliphatic rings. The summed E-state index contributed by atoms with van der Waals surface area (Å²) >= 11 is 1.90. The average Bonchev–Trinajstić information content (AvgIpc) is 3.53. The quantitative estimate of drug-likeness (QED) is 0.177. The highest BCUT2D eigenvalue weighted by atomic mass is 32.2. The zero-order valence-corrected chi connectivity index (χ0v) is 36.6. The average molecular weight is 849 g/mol. The molecule has 0 saturated heterocycles. The van der Waals surface area contributed by atoms with Crippen molar-refractivity contribution in [2.24, 2.45) is 0 Å². The van der Waals surface area contributed by atoms with E-state index in [9.17, 15) is 0 Å². The lowest BCUT2D eigenvalue weighted by Crippen LogP contribution is -2.35. The highest BCUT2D eigenvalue weighted by Gasteiger charge is 2.50. The first kappa shape index (κ1) is 37.8. The highest BCUT2D eigenvalue weighted by molar-refractivity contribution is 7.99. The number of fused-ring (bicyclic) bond motifs is 14. The molecule has 0 N–H and O–H groups in total. The van der Waals surface area contributed by atoms with Gasteiger partial charge in [0.25, 0.3) is 0 Å². The zero-order chi connectivity index (χ0) is 43.3. The van der Waals surface area contributed by atoms with Crippen molar-refractivity contribution in [3.8, 4) is 78.5 Å². The molecule has 65 heavy (non-hydrogen) atoms. The number of aromatic nitrogens is 4. The van der Waals surface area contributed by atoms with Crippen LogP contribution in [0.2, 0.25) is 0 Å². The molecule has 4 heterocycles. The molecule has 7 aromatic carbocycles. The van der Waals surface area contributed by atoms with Crippen LogP contribution >= 0.6 is 11.8 Å². The molecule has 1 unspecified atom stereocenters. The molecule has 306 valence electrons. The third-order valence-corrected chi connectivity index (χ3v) is 15.1. The Morgan fingerprint density at radius 2 is 1.00 bits per heavy atom. The molecule has 1 spiro atoms. The fourth-order valence-corrected chi connectivity index (χ4v) is 12.1. The summed E-state index contributed by atoms with van der Waals surface area (Å²) in [7, 11) is 0. The molecule has 3 aromatic heterocycles. The fraction of sp³-hybridized carbons (Fsp3) is 0.0667. The molecule has 0 saturated carbocycles. The van der Waals surface area contributed by atoms with Crippen LogP contribution in [0.5, 0.6) is 0 Å². The van der Waals surface area contributed by atoms with Crippen LogP contribution in [0.3, 0.4) is 0 Å². The number of benzene rings is 7. The van der Waals surface area contributed by atoms with E-state index in [1.807, 2.05) is 48.4 Å². The topological polar surface area (TPSA) is 51.6 Å². The van der Waals surface area contributed by atoms with Gasteiger partial charge in [0.2, 0.25) is 0 Å². The van der Waals surface area contributed by atoms with Crippen LogP contribution in [-0.2, 0) is 10.8 Å². The Labute approximate surface area is 382 Å². The van der Waals surface area contributed by atoms with Gasteiger partial charge in [-0.05, 0) is 121 Å². The Balaban J connectivity index is 1.11. The maximum atomic E-state index is 5.41. The third kappa shape index (κ3) is 5.65. The molecule has 0 radical (unpaired) electrons. The Hall–Kier alpha value is -7.73. The second-order valence-electron chi connectivity index (χ2n) is 17.8. The molecule has 13 rings (SSSR count). The maximum absolute atomic E-state index is 5.41. The van der Waals surface area contributed by atoms with Gasteiger partial charge in [-0.15, -0.1) is 0 Å². The predicted molar refractivity (Wildman–Crippen MR) is 264 cm³/mol. The first-order chi connectivity index (χ1) is 32.0. The molecule has 10 aromatic rings. The van der Waals surface area contributed by atoms with Gasteiger partial charge in [-0.1, -0.05) is 159 Å². The summed E-state index contributed by atoms with van der Waals surface area (Å²) in [4.78, 5) is 22.3. The molecule has 0 amide bonds. The second-order valence-corrected chi connectivity index (χ2v) is 18.8. The van der Waals surface area contributed by atoms with Crippen molar-refractivity contribution in [1.82, 2.24) is 19.9 Å². The molecule has 1 atom stereocenters. The molecule has 1 aliphatic heterocycles. The van der Waals surface area contributed by atoms with Gasteiger partial charge in [0, 0.05) is 56.1 Å². The predicted octanol–water partition coefficient (Wildman–Crippen LogP) is 14.7. The third-order valence-electron chi connectivity index (χ3n) is 13.9. The van der Waals surface area contributed by atoms with E-state index in [-0.39, 0.29) is 5.41 Å². The SMILES string of the molecule is CC1(C)c2ccccc2-c2cc3c(cc21)Sc1ccccc1C31c2ccccc2-c2ccccc2-c2ccc(-c3cc(-c4ccccc4)nc(-c4ccc(-c5cccnc5)nc4)n3)cc21. The van der Waals surface area contributed by atoms with E-state index in [4.69, 9.17) is 15.0 Å². The molecule has 0 fully saturated rings. The van der Waals surface area contributed by atoms with E-state index in [1.54, 1.807) is 6.20 Å². The van der Waals surface area contributed by atoms with Crippen LogP contribution in [0.25, 0.3) is 78.5 Å². The Morgan fingerprint density at radius 1 is 0.369 bits per heavy atom. The van der Waals surface area contributed by atoms with Gasteiger partial charge in [0.1, 0.15) is 0 Å². The van der Waals surface area contributed by atoms with Crippen LogP contribution in [0, 0.1) is 0 Å². The summed E-state index contributed by atoms with van der Waals surface area (Å²) < 4.78 is 0. The lowest BCUT2D eigenvalue weighted by atomic mass is 9.62. The summed E-state index contributed by atoms with van der Waals surface area (Å²) in [5, 5.41) is 0. The second kappa shape index (κ2) is 14.4. The monoisotopic (exact) mass is 848 g/mol. The number of pyridine rings is 2. The summed E-state index contributed by atoms with van der Waals surface area (Å²) in [6, 6.07) is 68.9. The van der Waals surface area contributed by atoms with Crippen molar-refractivity contribution in [3.63, 3.8) is 0 Å². The van der Waals surface area contributed by atoms with E-state index < -0.39 is 5.41 Å². The number of nitrogens with zero attached hydrogens (tertiary/aromatic N) is 4. The molecule has 5 heteroatoms. The van der Waals surface area contributed by atoms with Gasteiger partial charge in [0.05, 0.1) is 22.5 Å². The van der Waals surface area contributed by atoms with Crippen molar-refractivity contribution >= 4 is 11.8 Å². The standard InChI is InChI=1S/C60H40N4S/c1-59(2)47-22-10-8-21-44(47)46-32-52-57(33-50(46)59)65-56-25-13-12-24-49(56)60(52)48-23-11-9-20-43(48)41-18-6-7-19-42(41)45-28-26-38(31-51(45)60)55-34-54(37-15-4-3-5-16-37)63-58(64-55)40-27-29-53(62-36-40)39-17-14-30-61-35-39/h3-36H,1-2H3. The fourth-order valence-electron chi connectivity index (χ4n) is 10.9.